The molecular formula is C10H14F3NO3. The van der Waals surface area contributed by atoms with E-state index >= 15 is 0 Å². The number of carbonyl (C=O) groups is 1. The second kappa shape index (κ2) is 4.72. The van der Waals surface area contributed by atoms with Crippen molar-refractivity contribution in [2.45, 2.75) is 37.6 Å². The van der Waals surface area contributed by atoms with Crippen LogP contribution >= 0.6 is 0 Å². The van der Waals surface area contributed by atoms with Crippen molar-refractivity contribution in [3.63, 3.8) is 0 Å². The molecule has 0 aromatic heterocycles. The molecular weight excluding hydrogens is 239 g/mol. The number of alkyl halides is 3. The molecule has 1 amide bonds. The fraction of sp³-hybridized carbons (Fsp3) is 0.900. The average molecular weight is 253 g/mol. The van der Waals surface area contributed by atoms with E-state index in [-0.39, 0.29) is 12.1 Å². The summed E-state index contributed by atoms with van der Waals surface area (Å²) in [5, 5.41) is 2.44. The van der Waals surface area contributed by atoms with Gasteiger partial charge in [0.25, 0.3) is 0 Å². The molecule has 17 heavy (non-hydrogen) atoms. The topological polar surface area (TPSA) is 47.6 Å². The Labute approximate surface area is 96.4 Å². The molecule has 0 aromatic rings. The first-order chi connectivity index (χ1) is 7.96. The number of halogens is 3. The number of hydrogen-bond acceptors (Lipinski definition) is 3. The van der Waals surface area contributed by atoms with Crippen LogP contribution in [0.3, 0.4) is 0 Å². The van der Waals surface area contributed by atoms with Crippen LogP contribution in [0.25, 0.3) is 0 Å². The lowest BCUT2D eigenvalue weighted by atomic mass is 10.1. The van der Waals surface area contributed by atoms with E-state index in [1.807, 2.05) is 0 Å². The first kappa shape index (κ1) is 12.5. The lowest BCUT2D eigenvalue weighted by Crippen LogP contribution is -2.42. The van der Waals surface area contributed by atoms with Crippen LogP contribution in [0.1, 0.15) is 19.3 Å². The van der Waals surface area contributed by atoms with Gasteiger partial charge in [-0.05, 0) is 25.2 Å². The third-order valence-electron chi connectivity index (χ3n) is 2.89. The predicted octanol–water partition coefficient (Wildman–Crippen LogP) is 1.84. The van der Waals surface area contributed by atoms with E-state index in [0.717, 1.165) is 12.8 Å². The van der Waals surface area contributed by atoms with Crippen molar-refractivity contribution in [3.05, 3.63) is 0 Å². The van der Waals surface area contributed by atoms with E-state index in [2.05, 4.69) is 10.1 Å². The molecule has 0 aromatic carbocycles. The molecule has 0 radical (unpaired) electrons. The van der Waals surface area contributed by atoms with E-state index in [0.29, 0.717) is 18.9 Å². The summed E-state index contributed by atoms with van der Waals surface area (Å²) in [7, 11) is 0. The predicted molar refractivity (Wildman–Crippen MR) is 51.4 cm³/mol. The number of carbonyl (C=O) groups excluding carboxylic acids is 1. The molecule has 2 unspecified atom stereocenters. The molecule has 1 N–H and O–H groups in total. The van der Waals surface area contributed by atoms with Crippen LogP contribution in [0.15, 0.2) is 0 Å². The quantitative estimate of drug-likeness (QED) is 0.834. The summed E-state index contributed by atoms with van der Waals surface area (Å²) in [6.45, 7) is -1.02. The summed E-state index contributed by atoms with van der Waals surface area (Å²) in [5.74, 6) is 0.436. The van der Waals surface area contributed by atoms with Crippen molar-refractivity contribution in [3.8, 4) is 0 Å². The smallest absolute Gasteiger partial charge is 0.422 e. The molecule has 4 nitrogen and oxygen atoms in total. The van der Waals surface area contributed by atoms with Crippen molar-refractivity contribution >= 4 is 6.09 Å². The van der Waals surface area contributed by atoms with Crippen LogP contribution in [-0.4, -0.2) is 37.6 Å². The first-order valence-corrected chi connectivity index (χ1v) is 5.57. The molecule has 1 saturated heterocycles. The van der Waals surface area contributed by atoms with Crippen molar-refractivity contribution in [2.75, 3.05) is 13.2 Å². The van der Waals surface area contributed by atoms with Gasteiger partial charge in [-0.1, -0.05) is 0 Å². The fourth-order valence-corrected chi connectivity index (χ4v) is 2.00. The van der Waals surface area contributed by atoms with Crippen LogP contribution in [0.5, 0.6) is 0 Å². The van der Waals surface area contributed by atoms with Crippen LogP contribution in [-0.2, 0) is 9.47 Å². The first-order valence-electron chi connectivity index (χ1n) is 5.57. The SMILES string of the molecule is O=C(NC1CCOC1C1CC1)OCC(F)(F)F. The highest BCUT2D eigenvalue weighted by Gasteiger charge is 2.41. The van der Waals surface area contributed by atoms with Gasteiger partial charge in [0, 0.05) is 6.61 Å². The van der Waals surface area contributed by atoms with Crippen LogP contribution in [0, 0.1) is 5.92 Å². The highest BCUT2D eigenvalue weighted by molar-refractivity contribution is 5.67. The summed E-state index contributed by atoms with van der Waals surface area (Å²) in [5.41, 5.74) is 0. The summed E-state index contributed by atoms with van der Waals surface area (Å²) in [6, 6.07) is -0.219. The zero-order chi connectivity index (χ0) is 12.5. The third kappa shape index (κ3) is 3.76. The Morgan fingerprint density at radius 1 is 1.35 bits per heavy atom. The average Bonchev–Trinajstić information content (AvgIpc) is 2.97. The molecule has 2 fully saturated rings. The van der Waals surface area contributed by atoms with Gasteiger partial charge in [0.2, 0.25) is 0 Å². The summed E-state index contributed by atoms with van der Waals surface area (Å²) < 4.78 is 45.0. The molecule has 2 aliphatic rings. The Morgan fingerprint density at radius 3 is 2.65 bits per heavy atom. The largest absolute Gasteiger partial charge is 0.440 e. The maximum absolute atomic E-state index is 11.8. The lowest BCUT2D eigenvalue weighted by molar-refractivity contribution is -0.160. The van der Waals surface area contributed by atoms with E-state index in [1.54, 1.807) is 0 Å². The van der Waals surface area contributed by atoms with Gasteiger partial charge in [-0.15, -0.1) is 0 Å². The van der Waals surface area contributed by atoms with Crippen LogP contribution in [0.4, 0.5) is 18.0 Å². The molecule has 7 heteroatoms. The molecule has 2 atom stereocenters. The highest BCUT2D eigenvalue weighted by atomic mass is 19.4. The molecule has 1 saturated carbocycles. The normalized spacial score (nSPS) is 29.1. The van der Waals surface area contributed by atoms with E-state index in [1.165, 1.54) is 0 Å². The monoisotopic (exact) mass is 253 g/mol. The fourth-order valence-electron chi connectivity index (χ4n) is 2.00. The van der Waals surface area contributed by atoms with Gasteiger partial charge in [-0.2, -0.15) is 13.2 Å². The lowest BCUT2D eigenvalue weighted by Gasteiger charge is -2.19. The zero-order valence-electron chi connectivity index (χ0n) is 9.13. The molecule has 0 spiro atoms. The van der Waals surface area contributed by atoms with E-state index in [4.69, 9.17) is 4.74 Å². The Hall–Kier alpha value is -0.980. The van der Waals surface area contributed by atoms with E-state index in [9.17, 15) is 18.0 Å². The zero-order valence-corrected chi connectivity index (χ0v) is 9.13. The number of nitrogens with one attached hydrogen (secondary N) is 1. The third-order valence-corrected chi connectivity index (χ3v) is 2.89. The second-order valence-electron chi connectivity index (χ2n) is 4.40. The van der Waals surface area contributed by atoms with Crippen LogP contribution < -0.4 is 5.32 Å². The van der Waals surface area contributed by atoms with Crippen molar-refractivity contribution in [1.29, 1.82) is 0 Å². The molecule has 1 aliphatic carbocycles. The summed E-state index contributed by atoms with van der Waals surface area (Å²) in [6.07, 6.45) is -2.83. The van der Waals surface area contributed by atoms with Gasteiger partial charge >= 0.3 is 12.3 Å². The van der Waals surface area contributed by atoms with Crippen molar-refractivity contribution in [1.82, 2.24) is 5.32 Å². The van der Waals surface area contributed by atoms with Gasteiger partial charge in [0.15, 0.2) is 6.61 Å². The second-order valence-corrected chi connectivity index (χ2v) is 4.40. The molecule has 98 valence electrons. The van der Waals surface area contributed by atoms with Crippen molar-refractivity contribution < 1.29 is 27.4 Å². The number of alkyl carbamates (subject to hydrolysis) is 1. The highest BCUT2D eigenvalue weighted by Crippen LogP contribution is 2.38. The maximum atomic E-state index is 11.8. The standard InChI is InChI=1S/C10H14F3NO3/c11-10(12,13)5-17-9(15)14-7-3-4-16-8(7)6-1-2-6/h6-8H,1-5H2,(H,14,15). The number of ether oxygens (including phenoxy) is 2. The number of hydrogen-bond donors (Lipinski definition) is 1. The summed E-state index contributed by atoms with van der Waals surface area (Å²) in [4.78, 5) is 11.1. The number of amides is 1. The minimum Gasteiger partial charge on any atom is -0.440 e. The Morgan fingerprint density at radius 2 is 2.06 bits per heavy atom. The van der Waals surface area contributed by atoms with Gasteiger partial charge in [-0.25, -0.2) is 4.79 Å². The van der Waals surface area contributed by atoms with Crippen molar-refractivity contribution in [2.24, 2.45) is 5.92 Å². The van der Waals surface area contributed by atoms with E-state index < -0.39 is 18.9 Å². The molecule has 1 heterocycles. The van der Waals surface area contributed by atoms with Gasteiger partial charge in [0.1, 0.15) is 0 Å². The summed E-state index contributed by atoms with van der Waals surface area (Å²) >= 11 is 0. The number of rotatable bonds is 3. The Kier molecular flexibility index (Phi) is 3.46. The molecule has 1 aliphatic heterocycles. The molecule has 2 rings (SSSR count). The minimum absolute atomic E-state index is 0.0616. The van der Waals surface area contributed by atoms with Gasteiger partial charge in [-0.3, -0.25) is 0 Å². The Balaban J connectivity index is 1.74. The van der Waals surface area contributed by atoms with Crippen LogP contribution in [0.2, 0.25) is 0 Å². The Bertz CT molecular complexity index is 291. The maximum Gasteiger partial charge on any atom is 0.422 e. The molecule has 0 bridgehead atoms. The van der Waals surface area contributed by atoms with Gasteiger partial charge in [0.05, 0.1) is 12.1 Å². The minimum atomic E-state index is -4.49. The van der Waals surface area contributed by atoms with Gasteiger partial charge < -0.3 is 14.8 Å².